The van der Waals surface area contributed by atoms with Crippen LogP contribution in [0, 0.1) is 11.8 Å². The van der Waals surface area contributed by atoms with Crippen molar-refractivity contribution in [3.05, 3.63) is 0 Å². The Morgan fingerprint density at radius 3 is 2.53 bits per heavy atom. The van der Waals surface area contributed by atoms with E-state index >= 15 is 0 Å². The van der Waals surface area contributed by atoms with Crippen molar-refractivity contribution in [2.75, 3.05) is 20.3 Å². The third-order valence-corrected chi connectivity index (χ3v) is 1.81. The second-order valence-corrected chi connectivity index (χ2v) is 3.07. The highest BCUT2D eigenvalue weighted by atomic mass is 19.4. The van der Waals surface area contributed by atoms with Gasteiger partial charge in [-0.05, 0) is 20.4 Å². The first-order valence-corrected chi connectivity index (χ1v) is 4.71. The van der Waals surface area contributed by atoms with Gasteiger partial charge >= 0.3 is 6.18 Å². The molecule has 15 heavy (non-hydrogen) atoms. The molecule has 0 bridgehead atoms. The molecule has 0 aromatic heterocycles. The predicted octanol–water partition coefficient (Wildman–Crippen LogP) is 1.96. The summed E-state index contributed by atoms with van der Waals surface area (Å²) in [5.41, 5.74) is 0. The Morgan fingerprint density at radius 2 is 2.07 bits per heavy atom. The summed E-state index contributed by atoms with van der Waals surface area (Å²) in [5, 5.41) is 2.97. The average molecular weight is 223 g/mol. The molecule has 0 aliphatic heterocycles. The fourth-order valence-electron chi connectivity index (χ4n) is 0.987. The molecule has 0 aromatic rings. The predicted molar refractivity (Wildman–Crippen MR) is 52.4 cm³/mol. The smallest absolute Gasteiger partial charge is 0.372 e. The van der Waals surface area contributed by atoms with Crippen LogP contribution in [0.2, 0.25) is 0 Å². The van der Waals surface area contributed by atoms with E-state index in [1.807, 2.05) is 0 Å². The number of ether oxygens (including phenoxy) is 1. The van der Waals surface area contributed by atoms with Crippen LogP contribution in [-0.2, 0) is 4.74 Å². The van der Waals surface area contributed by atoms with E-state index in [-0.39, 0.29) is 12.6 Å². The molecule has 1 N–H and O–H groups in total. The van der Waals surface area contributed by atoms with Gasteiger partial charge in [0.15, 0.2) is 0 Å². The number of hydrogen-bond donors (Lipinski definition) is 1. The number of halogens is 3. The van der Waals surface area contributed by atoms with Crippen LogP contribution >= 0.6 is 0 Å². The molecule has 0 aromatic carbocycles. The van der Waals surface area contributed by atoms with E-state index in [4.69, 9.17) is 0 Å². The standard InChI is InChI=1S/C10H16F3NO/c1-3-4-5-9(14-2)6-7-15-8-10(11,12)13/h9,14H,5-8H2,1-2H3. The molecule has 0 heterocycles. The molecular formula is C10H16F3NO. The first kappa shape index (κ1) is 14.3. The maximum atomic E-state index is 11.7. The Balaban J connectivity index is 3.58. The monoisotopic (exact) mass is 223 g/mol. The van der Waals surface area contributed by atoms with Gasteiger partial charge in [0.05, 0.1) is 0 Å². The highest BCUT2D eigenvalue weighted by molar-refractivity contribution is 4.97. The summed E-state index contributed by atoms with van der Waals surface area (Å²) in [6.07, 6.45) is -3.08. The summed E-state index contributed by atoms with van der Waals surface area (Å²) < 4.78 is 39.6. The van der Waals surface area contributed by atoms with E-state index in [0.29, 0.717) is 12.8 Å². The lowest BCUT2D eigenvalue weighted by Crippen LogP contribution is -2.27. The van der Waals surface area contributed by atoms with Crippen LogP contribution in [0.3, 0.4) is 0 Å². The molecule has 0 aliphatic rings. The minimum Gasteiger partial charge on any atom is -0.372 e. The molecule has 0 saturated carbocycles. The fourth-order valence-corrected chi connectivity index (χ4v) is 0.987. The van der Waals surface area contributed by atoms with Gasteiger partial charge in [-0.2, -0.15) is 13.2 Å². The highest BCUT2D eigenvalue weighted by Crippen LogP contribution is 2.14. The normalized spacial score (nSPS) is 13.1. The van der Waals surface area contributed by atoms with Crippen LogP contribution in [0.15, 0.2) is 0 Å². The minimum atomic E-state index is -4.24. The number of alkyl halides is 3. The summed E-state index contributed by atoms with van der Waals surface area (Å²) >= 11 is 0. The largest absolute Gasteiger partial charge is 0.411 e. The zero-order valence-electron chi connectivity index (χ0n) is 8.95. The van der Waals surface area contributed by atoms with E-state index < -0.39 is 12.8 Å². The van der Waals surface area contributed by atoms with Gasteiger partial charge in [-0.15, -0.1) is 11.8 Å². The summed E-state index contributed by atoms with van der Waals surface area (Å²) in [6, 6.07) is 0.0886. The molecule has 2 nitrogen and oxygen atoms in total. The van der Waals surface area contributed by atoms with Crippen LogP contribution < -0.4 is 5.32 Å². The lowest BCUT2D eigenvalue weighted by molar-refractivity contribution is -0.174. The molecule has 1 atom stereocenters. The first-order valence-electron chi connectivity index (χ1n) is 4.71. The van der Waals surface area contributed by atoms with Gasteiger partial charge in [-0.25, -0.2) is 0 Å². The molecule has 0 fully saturated rings. The van der Waals surface area contributed by atoms with Gasteiger partial charge in [0.1, 0.15) is 6.61 Å². The van der Waals surface area contributed by atoms with Gasteiger partial charge in [-0.1, -0.05) is 0 Å². The van der Waals surface area contributed by atoms with Crippen molar-refractivity contribution in [2.45, 2.75) is 32.0 Å². The Bertz CT molecular complexity index is 217. The van der Waals surface area contributed by atoms with E-state index in [9.17, 15) is 13.2 Å². The molecule has 1 unspecified atom stereocenters. The van der Waals surface area contributed by atoms with Gasteiger partial charge in [-0.3, -0.25) is 0 Å². The van der Waals surface area contributed by atoms with Crippen molar-refractivity contribution in [1.29, 1.82) is 0 Å². The Labute approximate surface area is 88.2 Å². The maximum Gasteiger partial charge on any atom is 0.411 e. The third-order valence-electron chi connectivity index (χ3n) is 1.81. The first-order chi connectivity index (χ1) is 6.99. The molecule has 0 aliphatic carbocycles. The molecule has 5 heteroatoms. The molecule has 0 rings (SSSR count). The minimum absolute atomic E-state index is 0.0886. The van der Waals surface area contributed by atoms with E-state index in [1.54, 1.807) is 14.0 Å². The quantitative estimate of drug-likeness (QED) is 0.549. The second-order valence-electron chi connectivity index (χ2n) is 3.07. The summed E-state index contributed by atoms with van der Waals surface area (Å²) in [5.74, 6) is 5.60. The maximum absolute atomic E-state index is 11.7. The van der Waals surface area contributed by atoms with Crippen LogP contribution in [0.4, 0.5) is 13.2 Å². The van der Waals surface area contributed by atoms with Crippen LogP contribution in [0.1, 0.15) is 19.8 Å². The second kappa shape index (κ2) is 7.55. The van der Waals surface area contributed by atoms with Gasteiger partial charge in [0.2, 0.25) is 0 Å². The highest BCUT2D eigenvalue weighted by Gasteiger charge is 2.27. The Hall–Kier alpha value is -0.730. The van der Waals surface area contributed by atoms with Gasteiger partial charge in [0, 0.05) is 19.1 Å². The van der Waals surface area contributed by atoms with Crippen molar-refractivity contribution < 1.29 is 17.9 Å². The van der Waals surface area contributed by atoms with Crippen molar-refractivity contribution in [3.63, 3.8) is 0 Å². The van der Waals surface area contributed by atoms with Crippen LogP contribution in [0.25, 0.3) is 0 Å². The molecule has 0 radical (unpaired) electrons. The molecular weight excluding hydrogens is 207 g/mol. The average Bonchev–Trinajstić information content (AvgIpc) is 2.15. The number of hydrogen-bond acceptors (Lipinski definition) is 2. The van der Waals surface area contributed by atoms with Gasteiger partial charge < -0.3 is 10.1 Å². The van der Waals surface area contributed by atoms with Gasteiger partial charge in [0.25, 0.3) is 0 Å². The van der Waals surface area contributed by atoms with Crippen molar-refractivity contribution in [2.24, 2.45) is 0 Å². The topological polar surface area (TPSA) is 21.3 Å². The fraction of sp³-hybridized carbons (Fsp3) is 0.800. The van der Waals surface area contributed by atoms with Crippen molar-refractivity contribution >= 4 is 0 Å². The third kappa shape index (κ3) is 9.57. The molecule has 88 valence electrons. The SMILES string of the molecule is CC#CCC(CCOCC(F)(F)F)NC. The van der Waals surface area contributed by atoms with E-state index in [0.717, 1.165) is 0 Å². The molecule has 0 spiro atoms. The summed E-state index contributed by atoms with van der Waals surface area (Å²) in [7, 11) is 1.76. The molecule has 0 saturated heterocycles. The summed E-state index contributed by atoms with van der Waals surface area (Å²) in [6.45, 7) is 0.645. The summed E-state index contributed by atoms with van der Waals surface area (Å²) in [4.78, 5) is 0. The van der Waals surface area contributed by atoms with Crippen molar-refractivity contribution in [3.8, 4) is 11.8 Å². The van der Waals surface area contributed by atoms with E-state index in [2.05, 4.69) is 21.9 Å². The number of rotatable bonds is 6. The zero-order chi connectivity index (χ0) is 11.7. The van der Waals surface area contributed by atoms with Crippen molar-refractivity contribution in [1.82, 2.24) is 5.32 Å². The Morgan fingerprint density at radius 1 is 1.40 bits per heavy atom. The molecule has 0 amide bonds. The van der Waals surface area contributed by atoms with Crippen LogP contribution in [-0.4, -0.2) is 32.5 Å². The lowest BCUT2D eigenvalue weighted by atomic mass is 10.1. The van der Waals surface area contributed by atoms with E-state index in [1.165, 1.54) is 0 Å². The Kier molecular flexibility index (Phi) is 7.18. The van der Waals surface area contributed by atoms with Crippen LogP contribution in [0.5, 0.6) is 0 Å². The number of nitrogens with one attached hydrogen (secondary N) is 1. The zero-order valence-corrected chi connectivity index (χ0v) is 8.95. The lowest BCUT2D eigenvalue weighted by Gasteiger charge is -2.13.